The van der Waals surface area contributed by atoms with Gasteiger partial charge in [0, 0.05) is 18.3 Å². The summed E-state index contributed by atoms with van der Waals surface area (Å²) < 4.78 is 7.31. The van der Waals surface area contributed by atoms with Crippen molar-refractivity contribution in [3.05, 3.63) is 66.0 Å². The van der Waals surface area contributed by atoms with Crippen LogP contribution < -0.4 is 10.1 Å². The number of nitrogens with one attached hydrogen (secondary N) is 1. The average Bonchev–Trinajstić information content (AvgIpc) is 2.95. The Morgan fingerprint density at radius 2 is 2.05 bits per heavy atom. The molecule has 5 nitrogen and oxygen atoms in total. The van der Waals surface area contributed by atoms with E-state index in [2.05, 4.69) is 10.4 Å². The van der Waals surface area contributed by atoms with Crippen molar-refractivity contribution in [1.29, 1.82) is 0 Å². The molecule has 0 unspecified atom stereocenters. The van der Waals surface area contributed by atoms with Crippen LogP contribution in [-0.4, -0.2) is 22.1 Å². The first kappa shape index (κ1) is 14.1. The molecule has 1 aromatic carbocycles. The van der Waals surface area contributed by atoms with E-state index in [1.165, 1.54) is 0 Å². The van der Waals surface area contributed by atoms with Gasteiger partial charge in [0.15, 0.2) is 6.61 Å². The van der Waals surface area contributed by atoms with Crippen LogP contribution >= 0.6 is 0 Å². The Kier molecular flexibility index (Phi) is 4.05. The van der Waals surface area contributed by atoms with Crippen LogP contribution in [0.3, 0.4) is 0 Å². The first-order valence-corrected chi connectivity index (χ1v) is 7.10. The zero-order valence-corrected chi connectivity index (χ0v) is 12.3. The maximum atomic E-state index is 11.9. The van der Waals surface area contributed by atoms with Crippen LogP contribution in [0.1, 0.15) is 11.1 Å². The highest BCUT2D eigenvalue weighted by atomic mass is 16.5. The number of aromatic nitrogens is 2. The zero-order chi connectivity index (χ0) is 15.4. The molecule has 0 aliphatic carbocycles. The van der Waals surface area contributed by atoms with Crippen LogP contribution in [0.5, 0.6) is 5.75 Å². The summed E-state index contributed by atoms with van der Waals surface area (Å²) >= 11 is 0. The summed E-state index contributed by atoms with van der Waals surface area (Å²) in [5, 5.41) is 7.09. The third kappa shape index (κ3) is 3.09. The van der Waals surface area contributed by atoms with Crippen LogP contribution in [0.4, 0.5) is 0 Å². The van der Waals surface area contributed by atoms with Gasteiger partial charge in [-0.05, 0) is 30.7 Å². The number of carbonyl (C=O) groups is 1. The second kappa shape index (κ2) is 6.30. The molecule has 0 radical (unpaired) electrons. The van der Waals surface area contributed by atoms with Crippen LogP contribution in [0, 0.1) is 6.92 Å². The van der Waals surface area contributed by atoms with Crippen molar-refractivity contribution in [2.45, 2.75) is 13.5 Å². The lowest BCUT2D eigenvalue weighted by molar-refractivity contribution is -0.123. The molecule has 0 aliphatic rings. The molecule has 2 aromatic heterocycles. The fourth-order valence-electron chi connectivity index (χ4n) is 2.23. The van der Waals surface area contributed by atoms with E-state index in [1.807, 2.05) is 55.6 Å². The molecule has 2 heterocycles. The van der Waals surface area contributed by atoms with Gasteiger partial charge in [0.25, 0.3) is 5.91 Å². The summed E-state index contributed by atoms with van der Waals surface area (Å²) in [5.41, 5.74) is 2.98. The summed E-state index contributed by atoms with van der Waals surface area (Å²) in [6.07, 6.45) is 3.64. The van der Waals surface area contributed by atoms with E-state index in [-0.39, 0.29) is 12.5 Å². The molecule has 22 heavy (non-hydrogen) atoms. The molecule has 1 amide bonds. The number of pyridine rings is 1. The molecule has 0 saturated carbocycles. The maximum Gasteiger partial charge on any atom is 0.258 e. The van der Waals surface area contributed by atoms with Crippen molar-refractivity contribution in [2.75, 3.05) is 6.61 Å². The van der Waals surface area contributed by atoms with Gasteiger partial charge in [0.2, 0.25) is 0 Å². The van der Waals surface area contributed by atoms with Crippen molar-refractivity contribution in [3.8, 4) is 5.75 Å². The number of hydrogen-bond donors (Lipinski definition) is 1. The fraction of sp³-hybridized carbons (Fsp3) is 0.176. The van der Waals surface area contributed by atoms with Gasteiger partial charge in [0.1, 0.15) is 5.75 Å². The van der Waals surface area contributed by atoms with Gasteiger partial charge in [-0.2, -0.15) is 5.10 Å². The second-order valence-electron chi connectivity index (χ2n) is 5.03. The van der Waals surface area contributed by atoms with Crippen molar-refractivity contribution < 1.29 is 9.53 Å². The fourth-order valence-corrected chi connectivity index (χ4v) is 2.23. The number of hydrogen-bond acceptors (Lipinski definition) is 3. The standard InChI is InChI=1S/C17H17N3O2/c1-13-6-2-3-8-16(13)22-12-17(21)18-10-14-11-19-20-9-5-4-7-15(14)20/h2-9,11H,10,12H2,1H3,(H,18,21). The topological polar surface area (TPSA) is 55.6 Å². The molecule has 0 saturated heterocycles. The predicted octanol–water partition coefficient (Wildman–Crippen LogP) is 2.34. The summed E-state index contributed by atoms with van der Waals surface area (Å²) in [6, 6.07) is 13.5. The number of benzene rings is 1. The molecule has 0 bridgehead atoms. The van der Waals surface area contributed by atoms with Gasteiger partial charge in [-0.3, -0.25) is 4.79 Å². The van der Waals surface area contributed by atoms with E-state index in [0.717, 1.165) is 22.4 Å². The molecule has 3 rings (SSSR count). The Morgan fingerprint density at radius 1 is 1.23 bits per heavy atom. The Balaban J connectivity index is 1.55. The SMILES string of the molecule is Cc1ccccc1OCC(=O)NCc1cnn2ccccc12. The molecule has 5 heteroatoms. The van der Waals surface area contributed by atoms with Gasteiger partial charge in [-0.1, -0.05) is 24.3 Å². The van der Waals surface area contributed by atoms with Gasteiger partial charge in [-0.25, -0.2) is 4.52 Å². The van der Waals surface area contributed by atoms with Gasteiger partial charge in [-0.15, -0.1) is 0 Å². The van der Waals surface area contributed by atoms with E-state index in [9.17, 15) is 4.79 Å². The third-order valence-corrected chi connectivity index (χ3v) is 3.43. The van der Waals surface area contributed by atoms with E-state index in [1.54, 1.807) is 10.7 Å². The summed E-state index contributed by atoms with van der Waals surface area (Å²) in [7, 11) is 0. The average molecular weight is 295 g/mol. The number of fused-ring (bicyclic) bond motifs is 1. The van der Waals surface area contributed by atoms with E-state index in [0.29, 0.717) is 6.54 Å². The predicted molar refractivity (Wildman–Crippen MR) is 83.7 cm³/mol. The van der Waals surface area contributed by atoms with E-state index >= 15 is 0 Å². The first-order valence-electron chi connectivity index (χ1n) is 7.10. The number of para-hydroxylation sites is 1. The van der Waals surface area contributed by atoms with Gasteiger partial charge in [0.05, 0.1) is 11.7 Å². The maximum absolute atomic E-state index is 11.9. The Labute approximate surface area is 128 Å². The molecular formula is C17H17N3O2. The largest absolute Gasteiger partial charge is 0.484 e. The van der Waals surface area contributed by atoms with Crippen molar-refractivity contribution in [2.24, 2.45) is 0 Å². The molecule has 0 fully saturated rings. The lowest BCUT2D eigenvalue weighted by Gasteiger charge is -2.09. The molecule has 112 valence electrons. The van der Waals surface area contributed by atoms with Crippen molar-refractivity contribution >= 4 is 11.4 Å². The molecule has 1 N–H and O–H groups in total. The first-order chi connectivity index (χ1) is 10.7. The summed E-state index contributed by atoms with van der Waals surface area (Å²) in [6.45, 7) is 2.39. The van der Waals surface area contributed by atoms with Crippen LogP contribution in [0.15, 0.2) is 54.9 Å². The Hall–Kier alpha value is -2.82. The molecule has 3 aromatic rings. The second-order valence-corrected chi connectivity index (χ2v) is 5.03. The highest BCUT2D eigenvalue weighted by Gasteiger charge is 2.07. The number of carbonyl (C=O) groups excluding carboxylic acids is 1. The summed E-state index contributed by atoms with van der Waals surface area (Å²) in [4.78, 5) is 11.9. The van der Waals surface area contributed by atoms with Crippen molar-refractivity contribution in [1.82, 2.24) is 14.9 Å². The molecule has 0 spiro atoms. The minimum absolute atomic E-state index is 0.00403. The number of rotatable bonds is 5. The lowest BCUT2D eigenvalue weighted by atomic mass is 10.2. The number of amides is 1. The lowest BCUT2D eigenvalue weighted by Crippen LogP contribution is -2.28. The Bertz CT molecular complexity index is 795. The zero-order valence-electron chi connectivity index (χ0n) is 12.3. The quantitative estimate of drug-likeness (QED) is 0.786. The normalized spacial score (nSPS) is 10.6. The molecular weight excluding hydrogens is 278 g/mol. The highest BCUT2D eigenvalue weighted by molar-refractivity contribution is 5.77. The van der Waals surface area contributed by atoms with Gasteiger partial charge < -0.3 is 10.1 Å². The highest BCUT2D eigenvalue weighted by Crippen LogP contribution is 2.15. The van der Waals surface area contributed by atoms with E-state index < -0.39 is 0 Å². The van der Waals surface area contributed by atoms with Gasteiger partial charge >= 0.3 is 0 Å². The number of aryl methyl sites for hydroxylation is 1. The van der Waals surface area contributed by atoms with Crippen LogP contribution in [-0.2, 0) is 11.3 Å². The number of nitrogens with zero attached hydrogens (tertiary/aromatic N) is 2. The molecule has 0 aliphatic heterocycles. The third-order valence-electron chi connectivity index (χ3n) is 3.43. The van der Waals surface area contributed by atoms with Crippen LogP contribution in [0.2, 0.25) is 0 Å². The van der Waals surface area contributed by atoms with Crippen LogP contribution in [0.25, 0.3) is 5.52 Å². The minimum Gasteiger partial charge on any atom is -0.484 e. The van der Waals surface area contributed by atoms with Crippen molar-refractivity contribution in [3.63, 3.8) is 0 Å². The summed E-state index contributed by atoms with van der Waals surface area (Å²) in [5.74, 6) is 0.576. The Morgan fingerprint density at radius 3 is 2.91 bits per heavy atom. The molecule has 0 atom stereocenters. The number of ether oxygens (including phenoxy) is 1. The monoisotopic (exact) mass is 295 g/mol. The smallest absolute Gasteiger partial charge is 0.258 e. The van der Waals surface area contributed by atoms with E-state index in [4.69, 9.17) is 4.74 Å². The minimum atomic E-state index is -0.154.